The maximum atomic E-state index is 13.9. The predicted octanol–water partition coefficient (Wildman–Crippen LogP) is 5.40. The summed E-state index contributed by atoms with van der Waals surface area (Å²) in [5.41, 5.74) is -1.68. The topological polar surface area (TPSA) is 55.9 Å². The molecule has 6 nitrogen and oxygen atoms in total. The average Bonchev–Trinajstić information content (AvgIpc) is 2.89. The van der Waals surface area contributed by atoms with Crippen LogP contribution in [-0.4, -0.2) is 72.5 Å². The van der Waals surface area contributed by atoms with Gasteiger partial charge in [0.1, 0.15) is 5.82 Å². The molecule has 2 saturated heterocycles. The second-order valence-corrected chi connectivity index (χ2v) is 10.6. The van der Waals surface area contributed by atoms with Crippen molar-refractivity contribution in [3.05, 3.63) is 70.0 Å². The van der Waals surface area contributed by atoms with Gasteiger partial charge >= 0.3 is 18.4 Å². The van der Waals surface area contributed by atoms with E-state index in [-0.39, 0.29) is 43.1 Å². The zero-order valence-electron chi connectivity index (χ0n) is 22.6. The summed E-state index contributed by atoms with van der Waals surface area (Å²) in [4.78, 5) is 30.9. The number of nitrogens with zero attached hydrogens (tertiary/aromatic N) is 3. The molecular formula is C28H31F7N4O2. The highest BCUT2D eigenvalue weighted by Crippen LogP contribution is 2.37. The van der Waals surface area contributed by atoms with E-state index in [0.29, 0.717) is 50.2 Å². The van der Waals surface area contributed by atoms with Crippen molar-refractivity contribution in [3.8, 4) is 0 Å². The minimum Gasteiger partial charge on any atom is -0.343 e. The monoisotopic (exact) mass is 588 g/mol. The molecule has 0 spiro atoms. The van der Waals surface area contributed by atoms with Crippen LogP contribution in [0, 0.1) is 12.7 Å². The number of likely N-dealkylation sites (tertiary alicyclic amines) is 1. The lowest BCUT2D eigenvalue weighted by molar-refractivity contribution is -0.143. The van der Waals surface area contributed by atoms with Gasteiger partial charge in [-0.05, 0) is 73.2 Å². The van der Waals surface area contributed by atoms with Gasteiger partial charge in [0.15, 0.2) is 0 Å². The van der Waals surface area contributed by atoms with E-state index in [2.05, 4.69) is 10.2 Å². The number of carbonyl (C=O) groups excluding carboxylic acids is 2. The molecule has 2 fully saturated rings. The first kappa shape index (κ1) is 30.6. The van der Waals surface area contributed by atoms with Gasteiger partial charge < -0.3 is 15.1 Å². The number of likely N-dealkylation sites (N-methyl/N-ethyl adjacent to an activating group) is 1. The summed E-state index contributed by atoms with van der Waals surface area (Å²) in [6.45, 7) is 3.32. The maximum absolute atomic E-state index is 13.9. The van der Waals surface area contributed by atoms with Gasteiger partial charge in [-0.15, -0.1) is 0 Å². The van der Waals surface area contributed by atoms with Gasteiger partial charge in [0, 0.05) is 39.3 Å². The summed E-state index contributed by atoms with van der Waals surface area (Å²) in [7, 11) is 1.74. The maximum Gasteiger partial charge on any atom is 0.416 e. The van der Waals surface area contributed by atoms with E-state index in [0.717, 1.165) is 5.56 Å². The molecule has 1 N–H and O–H groups in total. The van der Waals surface area contributed by atoms with Gasteiger partial charge in [-0.1, -0.05) is 6.07 Å². The Morgan fingerprint density at radius 1 is 0.976 bits per heavy atom. The second-order valence-electron chi connectivity index (χ2n) is 10.6. The Kier molecular flexibility index (Phi) is 8.86. The summed E-state index contributed by atoms with van der Waals surface area (Å²) in [5, 5.41) is 2.63. The number of benzene rings is 2. The smallest absolute Gasteiger partial charge is 0.343 e. The van der Waals surface area contributed by atoms with Crippen molar-refractivity contribution in [2.24, 2.45) is 0 Å². The minimum absolute atomic E-state index is 0.00536. The number of carbonyl (C=O) groups is 2. The van der Waals surface area contributed by atoms with Crippen LogP contribution in [0.3, 0.4) is 0 Å². The average molecular weight is 589 g/mol. The van der Waals surface area contributed by atoms with Crippen LogP contribution in [0.25, 0.3) is 0 Å². The lowest BCUT2D eigenvalue weighted by atomic mass is 9.88. The Labute approximate surface area is 233 Å². The van der Waals surface area contributed by atoms with Crippen LogP contribution < -0.4 is 5.32 Å². The second kappa shape index (κ2) is 11.9. The van der Waals surface area contributed by atoms with Crippen molar-refractivity contribution in [1.82, 2.24) is 20.0 Å². The molecule has 0 saturated carbocycles. The molecule has 2 atom stereocenters. The molecule has 0 bridgehead atoms. The summed E-state index contributed by atoms with van der Waals surface area (Å²) >= 11 is 0. The molecule has 0 aliphatic carbocycles. The largest absolute Gasteiger partial charge is 0.416 e. The fraction of sp³-hybridized carbons (Fsp3) is 0.500. The third-order valence-electron chi connectivity index (χ3n) is 7.77. The Hall–Kier alpha value is -3.35. The van der Waals surface area contributed by atoms with E-state index in [1.165, 1.54) is 12.1 Å². The fourth-order valence-corrected chi connectivity index (χ4v) is 5.50. The normalized spacial score (nSPS) is 20.9. The number of aryl methyl sites for hydroxylation is 1. The Morgan fingerprint density at radius 3 is 2.22 bits per heavy atom. The van der Waals surface area contributed by atoms with Crippen LogP contribution in [0.1, 0.15) is 46.7 Å². The van der Waals surface area contributed by atoms with Crippen LogP contribution in [-0.2, 0) is 23.6 Å². The van der Waals surface area contributed by atoms with E-state index in [9.17, 15) is 40.3 Å². The lowest BCUT2D eigenvalue weighted by Gasteiger charge is -2.45. The molecule has 2 heterocycles. The number of amides is 3. The SMILES string of the molecule is Cc1cc(F)ccc1[C@H]1C[C@@H](N2CCN(C)C(=O)C2)CCN1C(=O)NCCc1cc(C(F)(F)F)cc(C(F)(F)F)c1. The number of alkyl halides is 6. The van der Waals surface area contributed by atoms with E-state index in [1.807, 2.05) is 0 Å². The Morgan fingerprint density at radius 2 is 1.63 bits per heavy atom. The molecule has 0 unspecified atom stereocenters. The fourth-order valence-electron chi connectivity index (χ4n) is 5.50. The number of piperidine rings is 1. The number of hydrogen-bond donors (Lipinski definition) is 1. The minimum atomic E-state index is -4.96. The molecule has 13 heteroatoms. The van der Waals surface area contributed by atoms with Crippen molar-refractivity contribution in [1.29, 1.82) is 0 Å². The highest BCUT2D eigenvalue weighted by atomic mass is 19.4. The molecule has 3 amide bonds. The summed E-state index contributed by atoms with van der Waals surface area (Å²) in [6, 6.07) is 4.60. The number of urea groups is 1. The van der Waals surface area contributed by atoms with Crippen LogP contribution in [0.4, 0.5) is 35.5 Å². The van der Waals surface area contributed by atoms with Gasteiger partial charge in [-0.2, -0.15) is 26.3 Å². The van der Waals surface area contributed by atoms with E-state index >= 15 is 0 Å². The molecule has 2 aliphatic rings. The van der Waals surface area contributed by atoms with Gasteiger partial charge in [-0.25, -0.2) is 9.18 Å². The molecule has 0 radical (unpaired) electrons. The standard InChI is InChI=1S/C28H31F7N4O2/c1-17-11-21(29)3-4-23(17)24-15-22(38-10-9-37(2)25(40)16-38)6-8-39(24)26(41)36-7-5-18-12-19(27(30,31)32)14-20(13-18)28(33,34)35/h3-4,11-14,22,24H,5-10,15-16H2,1-2H3,(H,36,41)/t22-,24+/m0/s1. The van der Waals surface area contributed by atoms with Crippen molar-refractivity contribution in [2.75, 3.05) is 39.8 Å². The quantitative estimate of drug-likeness (QED) is 0.476. The summed E-state index contributed by atoms with van der Waals surface area (Å²) < 4.78 is 93.1. The van der Waals surface area contributed by atoms with Gasteiger partial charge in [0.05, 0.1) is 23.7 Å². The summed E-state index contributed by atoms with van der Waals surface area (Å²) in [6.07, 6.45) is -9.14. The molecule has 0 aromatic heterocycles. The third kappa shape index (κ3) is 7.30. The summed E-state index contributed by atoms with van der Waals surface area (Å²) in [5.74, 6) is -0.437. The highest BCUT2D eigenvalue weighted by Gasteiger charge is 2.39. The first-order chi connectivity index (χ1) is 19.1. The van der Waals surface area contributed by atoms with Gasteiger partial charge in [-0.3, -0.25) is 9.69 Å². The lowest BCUT2D eigenvalue weighted by Crippen LogP contribution is -2.56. The molecule has 224 valence electrons. The molecule has 41 heavy (non-hydrogen) atoms. The number of halogens is 7. The predicted molar refractivity (Wildman–Crippen MR) is 136 cm³/mol. The zero-order valence-corrected chi connectivity index (χ0v) is 22.6. The number of nitrogens with one attached hydrogen (secondary N) is 1. The first-order valence-electron chi connectivity index (χ1n) is 13.2. The molecule has 4 rings (SSSR count). The van der Waals surface area contributed by atoms with E-state index < -0.39 is 41.4 Å². The van der Waals surface area contributed by atoms with Gasteiger partial charge in [0.25, 0.3) is 0 Å². The third-order valence-corrected chi connectivity index (χ3v) is 7.77. The van der Waals surface area contributed by atoms with E-state index in [1.54, 1.807) is 29.8 Å². The van der Waals surface area contributed by atoms with Crippen molar-refractivity contribution in [3.63, 3.8) is 0 Å². The Balaban J connectivity index is 1.49. The number of hydrogen-bond acceptors (Lipinski definition) is 3. The van der Waals surface area contributed by atoms with Crippen molar-refractivity contribution < 1.29 is 40.3 Å². The first-order valence-corrected chi connectivity index (χ1v) is 13.2. The van der Waals surface area contributed by atoms with Crippen molar-refractivity contribution >= 4 is 11.9 Å². The van der Waals surface area contributed by atoms with Crippen LogP contribution in [0.2, 0.25) is 0 Å². The number of piperazine rings is 1. The Bertz CT molecular complexity index is 1250. The van der Waals surface area contributed by atoms with Crippen LogP contribution in [0.5, 0.6) is 0 Å². The zero-order chi connectivity index (χ0) is 30.1. The molecule has 2 aromatic carbocycles. The van der Waals surface area contributed by atoms with Gasteiger partial charge in [0.2, 0.25) is 5.91 Å². The van der Waals surface area contributed by atoms with Crippen LogP contribution >= 0.6 is 0 Å². The van der Waals surface area contributed by atoms with Crippen LogP contribution in [0.15, 0.2) is 36.4 Å². The molecular weight excluding hydrogens is 557 g/mol. The number of rotatable bonds is 5. The highest BCUT2D eigenvalue weighted by molar-refractivity contribution is 5.78. The molecule has 2 aromatic rings. The molecule has 2 aliphatic heterocycles. The van der Waals surface area contributed by atoms with Crippen molar-refractivity contribution in [2.45, 2.75) is 50.6 Å². The van der Waals surface area contributed by atoms with E-state index in [4.69, 9.17) is 0 Å².